The van der Waals surface area contributed by atoms with Gasteiger partial charge in [0.15, 0.2) is 0 Å². The third-order valence-electron chi connectivity index (χ3n) is 6.83. The molecule has 1 unspecified atom stereocenters. The number of anilines is 1. The van der Waals surface area contributed by atoms with Gasteiger partial charge in [-0.15, -0.1) is 0 Å². The van der Waals surface area contributed by atoms with E-state index < -0.39 is 6.04 Å². The first-order valence-corrected chi connectivity index (χ1v) is 12.1. The zero-order valence-corrected chi connectivity index (χ0v) is 20.2. The van der Waals surface area contributed by atoms with E-state index in [1.807, 2.05) is 55.5 Å². The largest absolute Gasteiger partial charge is 0.507 e. The Hall–Kier alpha value is -3.97. The van der Waals surface area contributed by atoms with Crippen molar-refractivity contribution < 1.29 is 9.50 Å². The molecular weight excluding hydrogens is 455 g/mol. The lowest BCUT2D eigenvalue weighted by molar-refractivity contribution is 0.207. The zero-order valence-electron chi connectivity index (χ0n) is 20.2. The molecule has 1 atom stereocenters. The number of aromatic hydroxyl groups is 1. The third kappa shape index (κ3) is 4.88. The fourth-order valence-electron chi connectivity index (χ4n) is 4.96. The highest BCUT2D eigenvalue weighted by molar-refractivity contribution is 5.47. The van der Waals surface area contributed by atoms with Gasteiger partial charge < -0.3 is 14.6 Å². The van der Waals surface area contributed by atoms with Gasteiger partial charge in [0.1, 0.15) is 11.6 Å². The standard InChI is InChI=1S/C29H29FN4O2/c1-21-19-26(35)27(29(36)34(21)20-24-9-5-6-14-31-24)28(22-7-3-2-4-8-22)33-17-15-32(16-18-33)25-12-10-23(30)11-13-25/h2-14,19,28,35H,15-18,20H2,1H3. The van der Waals surface area contributed by atoms with E-state index in [1.54, 1.807) is 29.0 Å². The molecule has 0 aliphatic carbocycles. The molecule has 1 fully saturated rings. The topological polar surface area (TPSA) is 61.6 Å². The predicted octanol–water partition coefficient (Wildman–Crippen LogP) is 4.36. The number of aromatic nitrogens is 2. The summed E-state index contributed by atoms with van der Waals surface area (Å²) in [5.74, 6) is -0.247. The van der Waals surface area contributed by atoms with Crippen molar-refractivity contribution >= 4 is 5.69 Å². The minimum atomic E-state index is -0.398. The summed E-state index contributed by atoms with van der Waals surface area (Å²) in [6.07, 6.45) is 1.71. The summed E-state index contributed by atoms with van der Waals surface area (Å²) in [4.78, 5) is 22.7. The van der Waals surface area contributed by atoms with E-state index in [0.717, 1.165) is 30.0 Å². The van der Waals surface area contributed by atoms with Crippen LogP contribution in [0.4, 0.5) is 10.1 Å². The Kier molecular flexibility index (Phi) is 6.82. The quantitative estimate of drug-likeness (QED) is 0.441. The van der Waals surface area contributed by atoms with Crippen molar-refractivity contribution in [1.29, 1.82) is 0 Å². The Bertz CT molecular complexity index is 1370. The average Bonchev–Trinajstić information content (AvgIpc) is 2.91. The molecule has 1 aliphatic rings. The molecule has 1 aliphatic heterocycles. The second-order valence-electron chi connectivity index (χ2n) is 9.11. The first kappa shape index (κ1) is 23.8. The minimum absolute atomic E-state index is 0.00425. The first-order chi connectivity index (χ1) is 17.5. The van der Waals surface area contributed by atoms with Gasteiger partial charge in [0, 0.05) is 43.8 Å². The molecule has 7 heteroatoms. The smallest absolute Gasteiger partial charge is 0.260 e. The molecule has 4 aromatic rings. The lowest BCUT2D eigenvalue weighted by atomic mass is 9.96. The van der Waals surface area contributed by atoms with E-state index in [-0.39, 0.29) is 17.1 Å². The molecule has 0 radical (unpaired) electrons. The lowest BCUT2D eigenvalue weighted by Gasteiger charge is -2.40. The van der Waals surface area contributed by atoms with Gasteiger partial charge in [-0.2, -0.15) is 0 Å². The summed E-state index contributed by atoms with van der Waals surface area (Å²) < 4.78 is 15.1. The van der Waals surface area contributed by atoms with Crippen LogP contribution in [0.15, 0.2) is 89.9 Å². The van der Waals surface area contributed by atoms with Crippen molar-refractivity contribution in [3.05, 3.63) is 124 Å². The summed E-state index contributed by atoms with van der Waals surface area (Å²) in [6.45, 7) is 4.98. The maximum atomic E-state index is 13.9. The number of benzene rings is 2. The number of halogens is 1. The normalized spacial score (nSPS) is 15.1. The Morgan fingerprint density at radius 3 is 2.31 bits per heavy atom. The summed E-state index contributed by atoms with van der Waals surface area (Å²) in [5.41, 5.74) is 3.55. The van der Waals surface area contributed by atoms with E-state index in [9.17, 15) is 14.3 Å². The molecule has 0 amide bonds. The van der Waals surface area contributed by atoms with Gasteiger partial charge in [-0.05, 0) is 55.0 Å². The highest BCUT2D eigenvalue weighted by Crippen LogP contribution is 2.33. The van der Waals surface area contributed by atoms with E-state index >= 15 is 0 Å². The van der Waals surface area contributed by atoms with Gasteiger partial charge in [0.25, 0.3) is 5.56 Å². The molecule has 5 rings (SSSR count). The second kappa shape index (κ2) is 10.3. The summed E-state index contributed by atoms with van der Waals surface area (Å²) >= 11 is 0. The zero-order chi connectivity index (χ0) is 25.1. The van der Waals surface area contributed by atoms with Gasteiger partial charge in [-0.3, -0.25) is 14.7 Å². The van der Waals surface area contributed by atoms with Crippen molar-refractivity contribution in [3.8, 4) is 5.75 Å². The van der Waals surface area contributed by atoms with Gasteiger partial charge in [0.05, 0.1) is 23.8 Å². The maximum absolute atomic E-state index is 13.9. The third-order valence-corrected chi connectivity index (χ3v) is 6.83. The predicted molar refractivity (Wildman–Crippen MR) is 139 cm³/mol. The molecule has 36 heavy (non-hydrogen) atoms. The number of nitrogens with zero attached hydrogens (tertiary/aromatic N) is 4. The maximum Gasteiger partial charge on any atom is 0.260 e. The molecule has 1 N–H and O–H groups in total. The van der Waals surface area contributed by atoms with Crippen molar-refractivity contribution in [2.45, 2.75) is 19.5 Å². The van der Waals surface area contributed by atoms with Crippen LogP contribution in [0.1, 0.15) is 28.6 Å². The Morgan fingerprint density at radius 1 is 0.944 bits per heavy atom. The Balaban J connectivity index is 1.50. The Morgan fingerprint density at radius 2 is 1.64 bits per heavy atom. The lowest BCUT2D eigenvalue weighted by Crippen LogP contribution is -2.49. The summed E-state index contributed by atoms with van der Waals surface area (Å²) in [7, 11) is 0. The first-order valence-electron chi connectivity index (χ1n) is 12.1. The summed E-state index contributed by atoms with van der Waals surface area (Å²) in [6, 6.07) is 23.3. The highest BCUT2D eigenvalue weighted by Gasteiger charge is 2.31. The highest BCUT2D eigenvalue weighted by atomic mass is 19.1. The molecule has 6 nitrogen and oxygen atoms in total. The fourth-order valence-corrected chi connectivity index (χ4v) is 4.96. The molecule has 3 heterocycles. The number of aryl methyl sites for hydroxylation is 1. The van der Waals surface area contributed by atoms with E-state index in [4.69, 9.17) is 0 Å². The second-order valence-corrected chi connectivity index (χ2v) is 9.11. The van der Waals surface area contributed by atoms with Gasteiger partial charge >= 0.3 is 0 Å². The Labute approximate surface area is 209 Å². The van der Waals surface area contributed by atoms with Crippen LogP contribution in [-0.2, 0) is 6.54 Å². The summed E-state index contributed by atoms with van der Waals surface area (Å²) in [5, 5.41) is 11.1. The van der Waals surface area contributed by atoms with E-state index in [1.165, 1.54) is 12.1 Å². The van der Waals surface area contributed by atoms with Crippen LogP contribution in [-0.4, -0.2) is 45.7 Å². The molecule has 2 aromatic carbocycles. The minimum Gasteiger partial charge on any atom is -0.507 e. The molecule has 184 valence electrons. The van der Waals surface area contributed by atoms with Gasteiger partial charge in [0.2, 0.25) is 0 Å². The number of piperazine rings is 1. The van der Waals surface area contributed by atoms with Crippen LogP contribution in [0.5, 0.6) is 5.75 Å². The van der Waals surface area contributed by atoms with Crippen LogP contribution >= 0.6 is 0 Å². The van der Waals surface area contributed by atoms with Crippen LogP contribution in [0.2, 0.25) is 0 Å². The van der Waals surface area contributed by atoms with Crippen molar-refractivity contribution in [3.63, 3.8) is 0 Å². The van der Waals surface area contributed by atoms with Crippen molar-refractivity contribution in [2.75, 3.05) is 31.1 Å². The van der Waals surface area contributed by atoms with Crippen LogP contribution in [0.3, 0.4) is 0 Å². The number of pyridine rings is 2. The fraction of sp³-hybridized carbons (Fsp3) is 0.241. The number of hydrogen-bond acceptors (Lipinski definition) is 5. The molecular formula is C29H29FN4O2. The number of rotatable bonds is 6. The molecule has 2 aromatic heterocycles. The van der Waals surface area contributed by atoms with Crippen LogP contribution in [0, 0.1) is 12.7 Å². The van der Waals surface area contributed by atoms with Crippen molar-refractivity contribution in [2.24, 2.45) is 0 Å². The average molecular weight is 485 g/mol. The molecule has 1 saturated heterocycles. The van der Waals surface area contributed by atoms with Gasteiger partial charge in [-0.25, -0.2) is 4.39 Å². The van der Waals surface area contributed by atoms with Crippen LogP contribution in [0.25, 0.3) is 0 Å². The number of hydrogen-bond donors (Lipinski definition) is 1. The molecule has 0 spiro atoms. The van der Waals surface area contributed by atoms with E-state index in [2.05, 4.69) is 14.8 Å². The van der Waals surface area contributed by atoms with Crippen molar-refractivity contribution in [1.82, 2.24) is 14.5 Å². The SMILES string of the molecule is Cc1cc(O)c(C(c2ccccc2)N2CCN(c3ccc(F)cc3)CC2)c(=O)n1Cc1ccccn1. The molecule has 0 bridgehead atoms. The monoisotopic (exact) mass is 484 g/mol. The van der Waals surface area contributed by atoms with Crippen LogP contribution < -0.4 is 10.5 Å². The van der Waals surface area contributed by atoms with E-state index in [0.29, 0.717) is 30.9 Å². The van der Waals surface area contributed by atoms with Gasteiger partial charge in [-0.1, -0.05) is 36.4 Å². The molecule has 0 saturated carbocycles.